The first-order valence-corrected chi connectivity index (χ1v) is 8.55. The predicted molar refractivity (Wildman–Crippen MR) is 81.9 cm³/mol. The average molecular weight is 315 g/mol. The van der Waals surface area contributed by atoms with E-state index in [2.05, 4.69) is 10.0 Å². The Hall–Kier alpha value is -1.18. The van der Waals surface area contributed by atoms with Crippen molar-refractivity contribution < 1.29 is 12.8 Å². The first-order valence-electron chi connectivity index (χ1n) is 7.11. The molecule has 1 aromatic rings. The van der Waals surface area contributed by atoms with Gasteiger partial charge in [0.25, 0.3) is 0 Å². The molecule has 0 amide bonds. The van der Waals surface area contributed by atoms with E-state index in [1.165, 1.54) is 16.4 Å². The standard InChI is InChI=1S/C14H22FN3O2S/c1-11-5-6-14(13(15)8-11)17-21(19,20)18-7-3-4-12(10-18)9-16-2/h5-6,8,12,16-17H,3-4,7,9-10H2,1-2H3. The van der Waals surface area contributed by atoms with Crippen LogP contribution < -0.4 is 10.0 Å². The fourth-order valence-corrected chi connectivity index (χ4v) is 3.96. The highest BCUT2D eigenvalue weighted by Crippen LogP contribution is 2.22. The molecule has 1 fully saturated rings. The molecule has 21 heavy (non-hydrogen) atoms. The molecule has 0 bridgehead atoms. The summed E-state index contributed by atoms with van der Waals surface area (Å²) < 4.78 is 42.3. The Kier molecular flexibility index (Phi) is 5.18. The summed E-state index contributed by atoms with van der Waals surface area (Å²) in [7, 11) is -1.85. The van der Waals surface area contributed by atoms with E-state index in [0.29, 0.717) is 19.0 Å². The lowest BCUT2D eigenvalue weighted by atomic mass is 10.00. The molecular formula is C14H22FN3O2S. The zero-order valence-electron chi connectivity index (χ0n) is 12.4. The SMILES string of the molecule is CNCC1CCCN(S(=O)(=O)Nc2ccc(C)cc2F)C1. The highest BCUT2D eigenvalue weighted by molar-refractivity contribution is 7.90. The van der Waals surface area contributed by atoms with Gasteiger partial charge in [-0.25, -0.2) is 4.39 Å². The fraction of sp³-hybridized carbons (Fsp3) is 0.571. The maximum Gasteiger partial charge on any atom is 0.301 e. The summed E-state index contributed by atoms with van der Waals surface area (Å²) in [5, 5.41) is 3.07. The Balaban J connectivity index is 2.10. The Labute approximate surface area is 125 Å². The molecule has 1 aliphatic heterocycles. The van der Waals surface area contributed by atoms with Crippen molar-refractivity contribution in [1.82, 2.24) is 9.62 Å². The maximum atomic E-state index is 13.8. The van der Waals surface area contributed by atoms with Gasteiger partial charge in [-0.15, -0.1) is 0 Å². The molecule has 2 rings (SSSR count). The number of benzene rings is 1. The predicted octanol–water partition coefficient (Wildman–Crippen LogP) is 1.72. The maximum absolute atomic E-state index is 13.8. The highest BCUT2D eigenvalue weighted by atomic mass is 32.2. The zero-order valence-corrected chi connectivity index (χ0v) is 13.2. The van der Waals surface area contributed by atoms with Crippen molar-refractivity contribution in [2.45, 2.75) is 19.8 Å². The van der Waals surface area contributed by atoms with Crippen LogP contribution in [0.4, 0.5) is 10.1 Å². The van der Waals surface area contributed by atoms with Gasteiger partial charge in [0.15, 0.2) is 0 Å². The van der Waals surface area contributed by atoms with Crippen molar-refractivity contribution in [3.8, 4) is 0 Å². The molecule has 1 heterocycles. The van der Waals surface area contributed by atoms with Crippen LogP contribution in [0.3, 0.4) is 0 Å². The van der Waals surface area contributed by atoms with E-state index in [1.54, 1.807) is 13.0 Å². The Bertz CT molecular complexity index is 590. The van der Waals surface area contributed by atoms with Gasteiger partial charge in [-0.2, -0.15) is 12.7 Å². The van der Waals surface area contributed by atoms with Crippen LogP contribution in [0, 0.1) is 18.7 Å². The van der Waals surface area contributed by atoms with E-state index in [0.717, 1.165) is 24.9 Å². The molecule has 0 aromatic heterocycles. The van der Waals surface area contributed by atoms with E-state index in [-0.39, 0.29) is 5.69 Å². The molecule has 0 radical (unpaired) electrons. The molecule has 0 spiro atoms. The lowest BCUT2D eigenvalue weighted by molar-refractivity contribution is 0.264. The quantitative estimate of drug-likeness (QED) is 0.870. The monoisotopic (exact) mass is 315 g/mol. The van der Waals surface area contributed by atoms with E-state index in [4.69, 9.17) is 0 Å². The number of nitrogens with one attached hydrogen (secondary N) is 2. The summed E-state index contributed by atoms with van der Waals surface area (Å²) in [6, 6.07) is 4.45. The lowest BCUT2D eigenvalue weighted by Gasteiger charge is -2.31. The van der Waals surface area contributed by atoms with E-state index in [1.807, 2.05) is 7.05 Å². The number of aryl methyl sites for hydroxylation is 1. The van der Waals surface area contributed by atoms with Crippen LogP contribution in [0.2, 0.25) is 0 Å². The van der Waals surface area contributed by atoms with Gasteiger partial charge in [0.2, 0.25) is 0 Å². The van der Waals surface area contributed by atoms with Crippen LogP contribution in [0.5, 0.6) is 0 Å². The van der Waals surface area contributed by atoms with Gasteiger partial charge in [0, 0.05) is 13.1 Å². The second kappa shape index (κ2) is 6.72. The minimum Gasteiger partial charge on any atom is -0.319 e. The second-order valence-corrected chi connectivity index (χ2v) is 7.19. The van der Waals surface area contributed by atoms with Crippen molar-refractivity contribution in [2.75, 3.05) is 31.4 Å². The molecule has 5 nitrogen and oxygen atoms in total. The number of nitrogens with zero attached hydrogens (tertiary/aromatic N) is 1. The first kappa shape index (κ1) is 16.2. The van der Waals surface area contributed by atoms with Gasteiger partial charge in [-0.1, -0.05) is 6.07 Å². The normalized spacial score (nSPS) is 20.4. The molecule has 1 aliphatic rings. The molecule has 0 aliphatic carbocycles. The van der Waals surface area contributed by atoms with Crippen LogP contribution in [0.25, 0.3) is 0 Å². The summed E-state index contributed by atoms with van der Waals surface area (Å²) in [4.78, 5) is 0. The van der Waals surface area contributed by atoms with Crippen LogP contribution in [0.15, 0.2) is 18.2 Å². The molecular weight excluding hydrogens is 293 g/mol. The summed E-state index contributed by atoms with van der Waals surface area (Å²) in [6.07, 6.45) is 1.83. The van der Waals surface area contributed by atoms with Gasteiger partial charge >= 0.3 is 10.2 Å². The Morgan fingerprint density at radius 1 is 1.43 bits per heavy atom. The fourth-order valence-electron chi connectivity index (χ4n) is 2.61. The number of hydrogen-bond donors (Lipinski definition) is 2. The van der Waals surface area contributed by atoms with Crippen molar-refractivity contribution in [3.05, 3.63) is 29.6 Å². The number of halogens is 1. The van der Waals surface area contributed by atoms with Crippen LogP contribution in [-0.4, -0.2) is 39.4 Å². The van der Waals surface area contributed by atoms with E-state index >= 15 is 0 Å². The minimum atomic E-state index is -3.71. The molecule has 1 saturated heterocycles. The number of hydrogen-bond acceptors (Lipinski definition) is 3. The third kappa shape index (κ3) is 4.15. The molecule has 1 atom stereocenters. The van der Waals surface area contributed by atoms with Gasteiger partial charge in [-0.3, -0.25) is 4.72 Å². The highest BCUT2D eigenvalue weighted by Gasteiger charge is 2.29. The van der Waals surface area contributed by atoms with Gasteiger partial charge in [0.05, 0.1) is 5.69 Å². The first-order chi connectivity index (χ1) is 9.92. The molecule has 118 valence electrons. The number of anilines is 1. The molecule has 1 unspecified atom stereocenters. The summed E-state index contributed by atoms with van der Waals surface area (Å²) >= 11 is 0. The van der Waals surface area contributed by atoms with Crippen LogP contribution in [-0.2, 0) is 10.2 Å². The van der Waals surface area contributed by atoms with E-state index < -0.39 is 16.0 Å². The Morgan fingerprint density at radius 3 is 2.86 bits per heavy atom. The summed E-state index contributed by atoms with van der Waals surface area (Å²) in [6.45, 7) is 3.48. The largest absolute Gasteiger partial charge is 0.319 e. The van der Waals surface area contributed by atoms with Gasteiger partial charge in [-0.05, 0) is 57.0 Å². The van der Waals surface area contributed by atoms with Gasteiger partial charge < -0.3 is 5.32 Å². The van der Waals surface area contributed by atoms with Gasteiger partial charge in [0.1, 0.15) is 5.82 Å². The molecule has 7 heteroatoms. The van der Waals surface area contributed by atoms with Crippen molar-refractivity contribution in [2.24, 2.45) is 5.92 Å². The van der Waals surface area contributed by atoms with Crippen LogP contribution in [0.1, 0.15) is 18.4 Å². The summed E-state index contributed by atoms with van der Waals surface area (Å²) in [5.41, 5.74) is 0.749. The molecule has 1 aromatic carbocycles. The van der Waals surface area contributed by atoms with E-state index in [9.17, 15) is 12.8 Å². The topological polar surface area (TPSA) is 61.4 Å². The molecule has 2 N–H and O–H groups in total. The summed E-state index contributed by atoms with van der Waals surface area (Å²) in [5.74, 6) is -0.259. The third-order valence-corrected chi connectivity index (χ3v) is 5.17. The Morgan fingerprint density at radius 2 is 2.19 bits per heavy atom. The average Bonchev–Trinajstić information content (AvgIpc) is 2.43. The van der Waals surface area contributed by atoms with Crippen molar-refractivity contribution >= 4 is 15.9 Å². The van der Waals surface area contributed by atoms with Crippen molar-refractivity contribution in [3.63, 3.8) is 0 Å². The zero-order chi connectivity index (χ0) is 15.5. The lowest BCUT2D eigenvalue weighted by Crippen LogP contribution is -2.44. The number of rotatable bonds is 5. The number of piperidine rings is 1. The minimum absolute atomic E-state index is 0.00339. The smallest absolute Gasteiger partial charge is 0.301 e. The van der Waals surface area contributed by atoms with Crippen molar-refractivity contribution in [1.29, 1.82) is 0 Å². The second-order valence-electron chi connectivity index (χ2n) is 5.51. The van der Waals surface area contributed by atoms with Crippen LogP contribution >= 0.6 is 0 Å². The molecule has 0 saturated carbocycles. The third-order valence-electron chi connectivity index (χ3n) is 3.68.